The minimum Gasteiger partial charge on any atom is -0.346 e. The van der Waals surface area contributed by atoms with Crippen molar-refractivity contribution in [1.82, 2.24) is 9.47 Å². The largest absolute Gasteiger partial charge is 0.346 e. The lowest BCUT2D eigenvalue weighted by Gasteiger charge is -2.27. The van der Waals surface area contributed by atoms with Gasteiger partial charge in [0.15, 0.2) is 5.43 Å². The average molecular weight is 352 g/mol. The fourth-order valence-electron chi connectivity index (χ4n) is 3.58. The Balaban J connectivity index is 1.97. The minimum absolute atomic E-state index is 0.112. The zero-order valence-corrected chi connectivity index (χ0v) is 15.6. The van der Waals surface area contributed by atoms with E-state index in [1.54, 1.807) is 12.3 Å². The number of benzene rings is 1. The fourth-order valence-corrected chi connectivity index (χ4v) is 3.58. The summed E-state index contributed by atoms with van der Waals surface area (Å²) in [6, 6.07) is 11.6. The van der Waals surface area contributed by atoms with E-state index in [0.29, 0.717) is 5.56 Å². The van der Waals surface area contributed by atoms with E-state index >= 15 is 0 Å². The highest BCUT2D eigenvalue weighted by molar-refractivity contribution is 5.94. The number of unbranched alkanes of at least 4 members (excludes halogenated alkanes) is 2. The van der Waals surface area contributed by atoms with Crippen molar-refractivity contribution in [3.05, 3.63) is 58.4 Å². The Bertz CT molecular complexity index is 790. The summed E-state index contributed by atoms with van der Waals surface area (Å²) in [4.78, 5) is 27.4. The molecule has 0 unspecified atom stereocenters. The molecule has 1 aromatic carbocycles. The number of amides is 1. The summed E-state index contributed by atoms with van der Waals surface area (Å²) in [7, 11) is 0. The molecule has 138 valence electrons. The smallest absolute Gasteiger partial charge is 0.259 e. The van der Waals surface area contributed by atoms with Gasteiger partial charge in [0.2, 0.25) is 0 Å². The van der Waals surface area contributed by atoms with Gasteiger partial charge in [-0.05, 0) is 31.2 Å². The summed E-state index contributed by atoms with van der Waals surface area (Å²) in [5.41, 5.74) is 2.04. The molecule has 1 amide bonds. The predicted octanol–water partition coefficient (Wildman–Crippen LogP) is 4.33. The average Bonchev–Trinajstić information content (AvgIpc) is 2.70. The molecule has 0 atom stereocenters. The van der Waals surface area contributed by atoms with E-state index < -0.39 is 0 Å². The molecule has 0 N–H and O–H groups in total. The molecule has 4 heteroatoms. The molecule has 0 saturated carbocycles. The van der Waals surface area contributed by atoms with Crippen LogP contribution in [0.25, 0.3) is 11.3 Å². The summed E-state index contributed by atoms with van der Waals surface area (Å²) >= 11 is 0. The molecule has 2 aromatic rings. The minimum atomic E-state index is -0.175. The first-order valence-corrected chi connectivity index (χ1v) is 9.80. The van der Waals surface area contributed by atoms with Gasteiger partial charge in [0, 0.05) is 31.9 Å². The van der Waals surface area contributed by atoms with Crippen molar-refractivity contribution in [3.63, 3.8) is 0 Å². The summed E-state index contributed by atoms with van der Waals surface area (Å²) in [5, 5.41) is 0. The van der Waals surface area contributed by atoms with Crippen molar-refractivity contribution in [2.45, 2.75) is 52.0 Å². The van der Waals surface area contributed by atoms with Crippen LogP contribution in [0.4, 0.5) is 0 Å². The van der Waals surface area contributed by atoms with E-state index in [1.165, 1.54) is 0 Å². The molecule has 0 spiro atoms. The van der Waals surface area contributed by atoms with Crippen LogP contribution in [0.5, 0.6) is 0 Å². The van der Waals surface area contributed by atoms with E-state index in [1.807, 2.05) is 35.2 Å². The SMILES string of the molecule is CCCCCn1cc(C(=O)N2CCCCC2)c(=O)cc1-c1ccccc1. The van der Waals surface area contributed by atoms with Gasteiger partial charge in [-0.15, -0.1) is 0 Å². The number of rotatable bonds is 6. The molecule has 1 aromatic heterocycles. The molecular weight excluding hydrogens is 324 g/mol. The molecule has 1 aliphatic heterocycles. The van der Waals surface area contributed by atoms with Crippen LogP contribution < -0.4 is 5.43 Å². The highest BCUT2D eigenvalue weighted by Gasteiger charge is 2.22. The number of aromatic nitrogens is 1. The molecule has 3 rings (SSSR count). The zero-order valence-electron chi connectivity index (χ0n) is 15.6. The Morgan fingerprint density at radius 1 is 1.04 bits per heavy atom. The van der Waals surface area contributed by atoms with Crippen molar-refractivity contribution in [1.29, 1.82) is 0 Å². The topological polar surface area (TPSA) is 42.3 Å². The van der Waals surface area contributed by atoms with E-state index in [9.17, 15) is 9.59 Å². The van der Waals surface area contributed by atoms with Gasteiger partial charge in [0.25, 0.3) is 5.91 Å². The molecule has 1 fully saturated rings. The lowest BCUT2D eigenvalue weighted by molar-refractivity contribution is 0.0722. The van der Waals surface area contributed by atoms with Crippen molar-refractivity contribution in [3.8, 4) is 11.3 Å². The Kier molecular flexibility index (Phi) is 6.26. The number of carbonyl (C=O) groups is 1. The Morgan fingerprint density at radius 3 is 2.46 bits per heavy atom. The number of likely N-dealkylation sites (tertiary alicyclic amines) is 1. The van der Waals surface area contributed by atoms with Gasteiger partial charge in [0.1, 0.15) is 5.56 Å². The fraction of sp³-hybridized carbons (Fsp3) is 0.455. The molecule has 2 heterocycles. The van der Waals surface area contributed by atoms with Gasteiger partial charge in [0.05, 0.1) is 5.69 Å². The zero-order chi connectivity index (χ0) is 18.4. The molecule has 0 radical (unpaired) electrons. The normalized spacial score (nSPS) is 14.4. The molecule has 1 aliphatic rings. The van der Waals surface area contributed by atoms with E-state index in [-0.39, 0.29) is 11.3 Å². The number of aryl methyl sites for hydroxylation is 1. The lowest BCUT2D eigenvalue weighted by Crippen LogP contribution is -2.38. The third kappa shape index (κ3) is 4.24. The van der Waals surface area contributed by atoms with Gasteiger partial charge < -0.3 is 9.47 Å². The summed E-state index contributed by atoms with van der Waals surface area (Å²) in [6.07, 6.45) is 8.32. The number of carbonyl (C=O) groups excluding carboxylic acids is 1. The van der Waals surface area contributed by atoms with Crippen molar-refractivity contribution in [2.75, 3.05) is 13.1 Å². The second kappa shape index (κ2) is 8.84. The maximum Gasteiger partial charge on any atom is 0.259 e. The number of pyridine rings is 1. The van der Waals surface area contributed by atoms with Crippen LogP contribution in [0.2, 0.25) is 0 Å². The van der Waals surface area contributed by atoms with Crippen LogP contribution in [-0.2, 0) is 6.54 Å². The summed E-state index contributed by atoms with van der Waals surface area (Å²) in [5.74, 6) is -0.112. The maximum absolute atomic E-state index is 12.9. The number of hydrogen-bond acceptors (Lipinski definition) is 2. The second-order valence-corrected chi connectivity index (χ2v) is 7.06. The van der Waals surface area contributed by atoms with Gasteiger partial charge >= 0.3 is 0 Å². The highest BCUT2D eigenvalue weighted by atomic mass is 16.2. The number of piperidine rings is 1. The molecule has 26 heavy (non-hydrogen) atoms. The van der Waals surface area contributed by atoms with Crippen molar-refractivity contribution in [2.24, 2.45) is 0 Å². The van der Waals surface area contributed by atoms with E-state index in [0.717, 1.165) is 69.4 Å². The van der Waals surface area contributed by atoms with Gasteiger partial charge in [-0.1, -0.05) is 50.1 Å². The van der Waals surface area contributed by atoms with Crippen LogP contribution in [0.3, 0.4) is 0 Å². The van der Waals surface area contributed by atoms with Crippen molar-refractivity contribution >= 4 is 5.91 Å². The highest BCUT2D eigenvalue weighted by Crippen LogP contribution is 2.20. The monoisotopic (exact) mass is 352 g/mol. The van der Waals surface area contributed by atoms with Crippen LogP contribution in [0, 0.1) is 0 Å². The molecular formula is C22H28N2O2. The van der Waals surface area contributed by atoms with E-state index in [2.05, 4.69) is 11.5 Å². The van der Waals surface area contributed by atoms with Crippen LogP contribution in [-0.4, -0.2) is 28.5 Å². The van der Waals surface area contributed by atoms with Crippen molar-refractivity contribution < 1.29 is 4.79 Å². The first kappa shape index (κ1) is 18.4. The van der Waals surface area contributed by atoms with Crippen LogP contribution in [0.15, 0.2) is 47.4 Å². The first-order chi connectivity index (χ1) is 12.7. The van der Waals surface area contributed by atoms with E-state index in [4.69, 9.17) is 0 Å². The molecule has 0 bridgehead atoms. The first-order valence-electron chi connectivity index (χ1n) is 9.80. The third-order valence-electron chi connectivity index (χ3n) is 5.07. The maximum atomic E-state index is 12.9. The number of nitrogens with zero attached hydrogens (tertiary/aromatic N) is 2. The van der Waals surface area contributed by atoms with Gasteiger partial charge in [-0.2, -0.15) is 0 Å². The molecule has 1 saturated heterocycles. The second-order valence-electron chi connectivity index (χ2n) is 7.06. The van der Waals surface area contributed by atoms with Crippen LogP contribution >= 0.6 is 0 Å². The number of hydrogen-bond donors (Lipinski definition) is 0. The van der Waals surface area contributed by atoms with Gasteiger partial charge in [-0.3, -0.25) is 9.59 Å². The standard InChI is InChI=1S/C22H28N2O2/c1-2-3-8-15-24-17-19(22(26)23-13-9-5-10-14-23)21(25)16-20(24)18-11-6-4-7-12-18/h4,6-7,11-12,16-17H,2-3,5,8-10,13-15H2,1H3. The Labute approximate surface area is 155 Å². The summed E-state index contributed by atoms with van der Waals surface area (Å²) in [6.45, 7) is 4.51. The molecule has 0 aliphatic carbocycles. The Hall–Kier alpha value is -2.36. The lowest BCUT2D eigenvalue weighted by atomic mass is 10.1. The van der Waals surface area contributed by atoms with Gasteiger partial charge in [-0.25, -0.2) is 0 Å². The van der Waals surface area contributed by atoms with Crippen LogP contribution in [0.1, 0.15) is 55.8 Å². The quantitative estimate of drug-likeness (QED) is 0.726. The summed E-state index contributed by atoms with van der Waals surface area (Å²) < 4.78 is 2.09. The predicted molar refractivity (Wildman–Crippen MR) is 105 cm³/mol. The Morgan fingerprint density at radius 2 is 1.77 bits per heavy atom. The third-order valence-corrected chi connectivity index (χ3v) is 5.07. The molecule has 4 nitrogen and oxygen atoms in total.